The van der Waals surface area contributed by atoms with Crippen LogP contribution in [0.25, 0.3) is 0 Å². The lowest BCUT2D eigenvalue weighted by Gasteiger charge is -2.13. The molecule has 0 fully saturated rings. The molecule has 0 aromatic carbocycles. The number of carbonyl (C=O) groups is 2. The molecule has 0 aliphatic heterocycles. The number of rotatable bonds is 5. The van der Waals surface area contributed by atoms with Gasteiger partial charge in [-0.2, -0.15) is 0 Å². The maximum absolute atomic E-state index is 11.0. The SMILES string of the molecule is CCC(C)NC(=O)NCC(O)C(=O)O. The maximum atomic E-state index is 11.0. The zero-order chi connectivity index (χ0) is 11.1. The Morgan fingerprint density at radius 3 is 2.43 bits per heavy atom. The van der Waals surface area contributed by atoms with E-state index in [1.165, 1.54) is 0 Å². The van der Waals surface area contributed by atoms with Gasteiger partial charge in [0.2, 0.25) is 0 Å². The van der Waals surface area contributed by atoms with Crippen LogP contribution in [0.15, 0.2) is 0 Å². The summed E-state index contributed by atoms with van der Waals surface area (Å²) in [6, 6.07) is -0.448. The zero-order valence-corrected chi connectivity index (χ0v) is 8.28. The van der Waals surface area contributed by atoms with E-state index in [0.29, 0.717) is 0 Å². The highest BCUT2D eigenvalue weighted by atomic mass is 16.4. The number of aliphatic hydroxyl groups excluding tert-OH is 1. The summed E-state index contributed by atoms with van der Waals surface area (Å²) >= 11 is 0. The highest BCUT2D eigenvalue weighted by Crippen LogP contribution is 1.87. The first-order valence-corrected chi connectivity index (χ1v) is 4.42. The van der Waals surface area contributed by atoms with Crippen LogP contribution < -0.4 is 10.6 Å². The predicted molar refractivity (Wildman–Crippen MR) is 49.9 cm³/mol. The molecule has 0 bridgehead atoms. The van der Waals surface area contributed by atoms with Crippen molar-refractivity contribution >= 4 is 12.0 Å². The smallest absolute Gasteiger partial charge is 0.334 e. The summed E-state index contributed by atoms with van der Waals surface area (Å²) in [5, 5.41) is 21.9. The molecule has 2 amide bonds. The van der Waals surface area contributed by atoms with Crippen LogP contribution in [0.4, 0.5) is 4.79 Å². The number of aliphatic carboxylic acids is 1. The van der Waals surface area contributed by atoms with Crippen molar-refractivity contribution in [1.82, 2.24) is 10.6 Å². The van der Waals surface area contributed by atoms with Crippen molar-refractivity contribution < 1.29 is 19.8 Å². The Morgan fingerprint density at radius 1 is 1.43 bits per heavy atom. The number of carboxylic acid groups (broad SMARTS) is 1. The molecule has 0 rings (SSSR count). The number of carbonyl (C=O) groups excluding carboxylic acids is 1. The molecule has 0 aliphatic carbocycles. The minimum absolute atomic E-state index is 0.0250. The van der Waals surface area contributed by atoms with Gasteiger partial charge in [0.05, 0.1) is 6.54 Å². The molecular formula is C8H16N2O4. The molecule has 14 heavy (non-hydrogen) atoms. The average Bonchev–Trinajstić information content (AvgIpc) is 2.13. The number of carboxylic acids is 1. The quantitative estimate of drug-likeness (QED) is 0.486. The van der Waals surface area contributed by atoms with Gasteiger partial charge in [-0.25, -0.2) is 9.59 Å². The van der Waals surface area contributed by atoms with Crippen LogP contribution in [-0.2, 0) is 4.79 Å². The van der Waals surface area contributed by atoms with Crippen molar-refractivity contribution in [2.45, 2.75) is 32.4 Å². The van der Waals surface area contributed by atoms with E-state index in [2.05, 4.69) is 10.6 Å². The van der Waals surface area contributed by atoms with Crippen molar-refractivity contribution in [1.29, 1.82) is 0 Å². The zero-order valence-electron chi connectivity index (χ0n) is 8.28. The minimum atomic E-state index is -1.56. The molecule has 0 saturated carbocycles. The van der Waals surface area contributed by atoms with Crippen LogP contribution in [0.1, 0.15) is 20.3 Å². The van der Waals surface area contributed by atoms with Gasteiger partial charge in [0.25, 0.3) is 0 Å². The summed E-state index contributed by atoms with van der Waals surface area (Å²) in [5.41, 5.74) is 0. The first-order chi connectivity index (χ1) is 6.47. The van der Waals surface area contributed by atoms with Gasteiger partial charge in [0.1, 0.15) is 0 Å². The lowest BCUT2D eigenvalue weighted by Crippen LogP contribution is -2.44. The predicted octanol–water partition coefficient (Wildman–Crippen LogP) is -0.470. The second-order valence-corrected chi connectivity index (χ2v) is 3.02. The number of amides is 2. The number of aliphatic hydroxyl groups is 1. The van der Waals surface area contributed by atoms with E-state index >= 15 is 0 Å². The van der Waals surface area contributed by atoms with E-state index in [9.17, 15) is 9.59 Å². The molecule has 82 valence electrons. The van der Waals surface area contributed by atoms with E-state index < -0.39 is 18.1 Å². The van der Waals surface area contributed by atoms with Gasteiger partial charge in [0, 0.05) is 6.04 Å². The summed E-state index contributed by atoms with van der Waals surface area (Å²) in [4.78, 5) is 21.2. The number of hydrogen-bond donors (Lipinski definition) is 4. The Labute approximate surface area is 82.3 Å². The topological polar surface area (TPSA) is 98.7 Å². The number of urea groups is 1. The van der Waals surface area contributed by atoms with Gasteiger partial charge in [-0.1, -0.05) is 6.92 Å². The largest absolute Gasteiger partial charge is 0.479 e. The molecular weight excluding hydrogens is 188 g/mol. The molecule has 2 atom stereocenters. The fourth-order valence-electron chi connectivity index (χ4n) is 0.654. The van der Waals surface area contributed by atoms with Gasteiger partial charge in [-0.3, -0.25) is 0 Å². The van der Waals surface area contributed by atoms with Gasteiger partial charge in [-0.15, -0.1) is 0 Å². The fraction of sp³-hybridized carbons (Fsp3) is 0.750. The highest BCUT2D eigenvalue weighted by molar-refractivity contribution is 5.76. The molecule has 0 aromatic heterocycles. The Morgan fingerprint density at radius 2 is 2.00 bits per heavy atom. The maximum Gasteiger partial charge on any atom is 0.334 e. The van der Waals surface area contributed by atoms with E-state index in [4.69, 9.17) is 10.2 Å². The number of nitrogens with one attached hydrogen (secondary N) is 2. The van der Waals surface area contributed by atoms with Gasteiger partial charge in [-0.05, 0) is 13.3 Å². The van der Waals surface area contributed by atoms with Crippen molar-refractivity contribution in [3.8, 4) is 0 Å². The van der Waals surface area contributed by atoms with Crippen LogP contribution in [-0.4, -0.2) is 40.9 Å². The van der Waals surface area contributed by atoms with Crippen molar-refractivity contribution in [2.24, 2.45) is 0 Å². The van der Waals surface area contributed by atoms with E-state index in [1.807, 2.05) is 13.8 Å². The lowest BCUT2D eigenvalue weighted by atomic mass is 10.3. The molecule has 0 spiro atoms. The molecule has 0 saturated heterocycles. The van der Waals surface area contributed by atoms with Crippen LogP contribution in [0.2, 0.25) is 0 Å². The fourth-order valence-corrected chi connectivity index (χ4v) is 0.654. The molecule has 0 heterocycles. The van der Waals surface area contributed by atoms with Crippen molar-refractivity contribution in [2.75, 3.05) is 6.54 Å². The standard InChI is InChI=1S/C8H16N2O4/c1-3-5(2)10-8(14)9-4-6(11)7(12)13/h5-6,11H,3-4H2,1-2H3,(H,12,13)(H2,9,10,14). The van der Waals surface area contributed by atoms with Gasteiger partial charge >= 0.3 is 12.0 Å². The average molecular weight is 204 g/mol. The van der Waals surface area contributed by atoms with E-state index in [-0.39, 0.29) is 12.6 Å². The Bertz CT molecular complexity index is 208. The Hall–Kier alpha value is -1.30. The molecule has 6 nitrogen and oxygen atoms in total. The van der Waals surface area contributed by atoms with E-state index in [0.717, 1.165) is 6.42 Å². The Kier molecular flexibility index (Phi) is 5.62. The third-order valence-corrected chi connectivity index (χ3v) is 1.73. The summed E-state index contributed by atoms with van der Waals surface area (Å²) in [5.74, 6) is -1.35. The summed E-state index contributed by atoms with van der Waals surface area (Å²) < 4.78 is 0. The van der Waals surface area contributed by atoms with Gasteiger partial charge in [0.15, 0.2) is 6.10 Å². The minimum Gasteiger partial charge on any atom is -0.479 e. The van der Waals surface area contributed by atoms with Crippen molar-refractivity contribution in [3.05, 3.63) is 0 Å². The third kappa shape index (κ3) is 5.36. The van der Waals surface area contributed by atoms with Gasteiger partial charge < -0.3 is 20.8 Å². The first kappa shape index (κ1) is 12.7. The summed E-state index contributed by atoms with van der Waals surface area (Å²) in [6.07, 6.45) is -0.771. The van der Waals surface area contributed by atoms with Crippen LogP contribution in [0.5, 0.6) is 0 Å². The summed E-state index contributed by atoms with van der Waals surface area (Å²) in [6.45, 7) is 3.45. The van der Waals surface area contributed by atoms with Crippen molar-refractivity contribution in [3.63, 3.8) is 0 Å². The van der Waals surface area contributed by atoms with Crippen LogP contribution in [0.3, 0.4) is 0 Å². The molecule has 4 N–H and O–H groups in total. The molecule has 0 radical (unpaired) electrons. The molecule has 0 aromatic rings. The van der Waals surface area contributed by atoms with Crippen LogP contribution in [0, 0.1) is 0 Å². The second kappa shape index (κ2) is 6.20. The Balaban J connectivity index is 3.69. The molecule has 0 aliphatic rings. The van der Waals surface area contributed by atoms with E-state index in [1.54, 1.807) is 0 Å². The first-order valence-electron chi connectivity index (χ1n) is 4.42. The number of hydrogen-bond acceptors (Lipinski definition) is 3. The normalized spacial score (nSPS) is 14.2. The second-order valence-electron chi connectivity index (χ2n) is 3.02. The highest BCUT2D eigenvalue weighted by Gasteiger charge is 2.14. The molecule has 6 heteroatoms. The molecule has 2 unspecified atom stereocenters. The van der Waals surface area contributed by atoms with Crippen LogP contribution >= 0.6 is 0 Å². The monoisotopic (exact) mass is 204 g/mol. The summed E-state index contributed by atoms with van der Waals surface area (Å²) in [7, 11) is 0. The third-order valence-electron chi connectivity index (χ3n) is 1.73. The lowest BCUT2D eigenvalue weighted by molar-refractivity contribution is -0.146.